The monoisotopic (exact) mass is 278 g/mol. The SMILES string of the molecule is CCNCC(C)c1ccc(CN(C)C(C)COC)cc1. The summed E-state index contributed by atoms with van der Waals surface area (Å²) in [6, 6.07) is 9.44. The molecule has 1 rings (SSSR count). The van der Waals surface area contributed by atoms with Gasteiger partial charge >= 0.3 is 0 Å². The summed E-state index contributed by atoms with van der Waals surface area (Å²) in [5.41, 5.74) is 2.76. The maximum Gasteiger partial charge on any atom is 0.0615 e. The van der Waals surface area contributed by atoms with E-state index in [1.54, 1.807) is 7.11 Å². The van der Waals surface area contributed by atoms with Gasteiger partial charge in [-0.3, -0.25) is 4.90 Å². The van der Waals surface area contributed by atoms with Crippen LogP contribution in [0.4, 0.5) is 0 Å². The molecule has 0 radical (unpaired) electrons. The molecule has 20 heavy (non-hydrogen) atoms. The van der Waals surface area contributed by atoms with Gasteiger partial charge in [0.1, 0.15) is 0 Å². The minimum Gasteiger partial charge on any atom is -0.383 e. The quantitative estimate of drug-likeness (QED) is 0.752. The van der Waals surface area contributed by atoms with Crippen molar-refractivity contribution in [1.82, 2.24) is 10.2 Å². The summed E-state index contributed by atoms with van der Waals surface area (Å²) < 4.78 is 5.20. The topological polar surface area (TPSA) is 24.5 Å². The molecule has 0 amide bonds. The minimum absolute atomic E-state index is 0.437. The third kappa shape index (κ3) is 5.61. The van der Waals surface area contributed by atoms with E-state index in [-0.39, 0.29) is 0 Å². The molecule has 0 aromatic heterocycles. The molecule has 3 heteroatoms. The molecule has 0 saturated heterocycles. The Kier molecular flexibility index (Phi) is 7.82. The lowest BCUT2D eigenvalue weighted by atomic mass is 9.99. The van der Waals surface area contributed by atoms with Crippen LogP contribution in [0.25, 0.3) is 0 Å². The van der Waals surface area contributed by atoms with Crippen molar-refractivity contribution in [3.05, 3.63) is 35.4 Å². The zero-order chi connectivity index (χ0) is 15.0. The summed E-state index contributed by atoms with van der Waals surface area (Å²) in [7, 11) is 3.90. The third-order valence-electron chi connectivity index (χ3n) is 3.84. The van der Waals surface area contributed by atoms with Crippen molar-refractivity contribution in [1.29, 1.82) is 0 Å². The fourth-order valence-electron chi connectivity index (χ4n) is 2.24. The summed E-state index contributed by atoms with van der Waals surface area (Å²) in [6.07, 6.45) is 0. The molecule has 0 saturated carbocycles. The number of rotatable bonds is 9. The first-order valence-corrected chi connectivity index (χ1v) is 7.57. The number of methoxy groups -OCH3 is 1. The van der Waals surface area contributed by atoms with Gasteiger partial charge in [0.15, 0.2) is 0 Å². The van der Waals surface area contributed by atoms with Gasteiger partial charge in [0.2, 0.25) is 0 Å². The van der Waals surface area contributed by atoms with E-state index in [0.29, 0.717) is 12.0 Å². The molecule has 114 valence electrons. The Bertz CT molecular complexity index is 364. The molecule has 1 N–H and O–H groups in total. The summed E-state index contributed by atoms with van der Waals surface area (Å²) in [4.78, 5) is 2.32. The van der Waals surface area contributed by atoms with E-state index in [0.717, 1.165) is 26.2 Å². The lowest BCUT2D eigenvalue weighted by Crippen LogP contribution is -2.32. The Hall–Kier alpha value is -0.900. The molecule has 1 aromatic rings. The van der Waals surface area contributed by atoms with Gasteiger partial charge in [0.25, 0.3) is 0 Å². The Labute approximate surface area is 124 Å². The lowest BCUT2D eigenvalue weighted by molar-refractivity contribution is 0.112. The second-order valence-electron chi connectivity index (χ2n) is 5.67. The Morgan fingerprint density at radius 1 is 1.20 bits per heavy atom. The smallest absolute Gasteiger partial charge is 0.0615 e. The number of likely N-dealkylation sites (N-methyl/N-ethyl adjacent to an activating group) is 2. The Balaban J connectivity index is 2.53. The standard InChI is InChI=1S/C17H30N2O/c1-6-18-11-14(2)17-9-7-16(8-10-17)12-19(4)15(3)13-20-5/h7-10,14-15,18H,6,11-13H2,1-5H3. The molecule has 1 aromatic carbocycles. The molecule has 3 nitrogen and oxygen atoms in total. The highest BCUT2D eigenvalue weighted by Gasteiger charge is 2.10. The Morgan fingerprint density at radius 2 is 1.85 bits per heavy atom. The summed E-state index contributed by atoms with van der Waals surface area (Å²) in [5, 5.41) is 3.40. The fraction of sp³-hybridized carbons (Fsp3) is 0.647. The maximum absolute atomic E-state index is 5.20. The van der Waals surface area contributed by atoms with Gasteiger partial charge in [-0.15, -0.1) is 0 Å². The van der Waals surface area contributed by atoms with Crippen LogP contribution >= 0.6 is 0 Å². The zero-order valence-corrected chi connectivity index (χ0v) is 13.6. The number of hydrogen-bond donors (Lipinski definition) is 1. The molecule has 0 aliphatic carbocycles. The van der Waals surface area contributed by atoms with Crippen LogP contribution in [-0.2, 0) is 11.3 Å². The van der Waals surface area contributed by atoms with Crippen molar-refractivity contribution < 1.29 is 4.74 Å². The van der Waals surface area contributed by atoms with Gasteiger partial charge in [0, 0.05) is 26.2 Å². The van der Waals surface area contributed by atoms with Crippen molar-refractivity contribution in [3.63, 3.8) is 0 Å². The van der Waals surface area contributed by atoms with E-state index in [4.69, 9.17) is 4.74 Å². The van der Waals surface area contributed by atoms with Gasteiger partial charge in [-0.25, -0.2) is 0 Å². The molecular formula is C17H30N2O. The normalized spacial score (nSPS) is 14.5. The highest BCUT2D eigenvalue weighted by molar-refractivity contribution is 5.25. The van der Waals surface area contributed by atoms with Crippen LogP contribution in [0.15, 0.2) is 24.3 Å². The fourth-order valence-corrected chi connectivity index (χ4v) is 2.24. The van der Waals surface area contributed by atoms with Crippen molar-refractivity contribution in [3.8, 4) is 0 Å². The predicted octanol–water partition coefficient (Wildman–Crippen LogP) is 2.87. The third-order valence-corrected chi connectivity index (χ3v) is 3.84. The van der Waals surface area contributed by atoms with E-state index in [9.17, 15) is 0 Å². The second kappa shape index (κ2) is 9.11. The van der Waals surface area contributed by atoms with Crippen LogP contribution in [0.2, 0.25) is 0 Å². The summed E-state index contributed by atoms with van der Waals surface area (Å²) >= 11 is 0. The van der Waals surface area contributed by atoms with Crippen molar-refractivity contribution in [2.45, 2.75) is 39.3 Å². The lowest BCUT2D eigenvalue weighted by Gasteiger charge is -2.24. The van der Waals surface area contributed by atoms with Crippen LogP contribution < -0.4 is 5.32 Å². The second-order valence-corrected chi connectivity index (χ2v) is 5.67. The molecule has 2 unspecified atom stereocenters. The maximum atomic E-state index is 5.20. The molecule has 0 aliphatic rings. The number of hydrogen-bond acceptors (Lipinski definition) is 3. The number of nitrogens with zero attached hydrogens (tertiary/aromatic N) is 1. The highest BCUT2D eigenvalue weighted by atomic mass is 16.5. The Morgan fingerprint density at radius 3 is 2.40 bits per heavy atom. The average Bonchev–Trinajstić information content (AvgIpc) is 2.45. The van der Waals surface area contributed by atoms with Gasteiger partial charge in [-0.05, 0) is 37.6 Å². The van der Waals surface area contributed by atoms with Crippen LogP contribution in [0, 0.1) is 0 Å². The zero-order valence-electron chi connectivity index (χ0n) is 13.6. The van der Waals surface area contributed by atoms with Crippen molar-refractivity contribution >= 4 is 0 Å². The first-order chi connectivity index (χ1) is 9.58. The van der Waals surface area contributed by atoms with E-state index in [1.807, 2.05) is 0 Å². The van der Waals surface area contributed by atoms with Crippen molar-refractivity contribution in [2.75, 3.05) is 33.9 Å². The summed E-state index contributed by atoms with van der Waals surface area (Å²) in [6.45, 7) is 10.4. The van der Waals surface area contributed by atoms with Crippen LogP contribution in [0.3, 0.4) is 0 Å². The molecule has 0 heterocycles. The molecule has 0 aliphatic heterocycles. The molecular weight excluding hydrogens is 248 g/mol. The first kappa shape index (κ1) is 17.2. The van der Waals surface area contributed by atoms with E-state index in [2.05, 4.69) is 62.3 Å². The first-order valence-electron chi connectivity index (χ1n) is 7.57. The van der Waals surface area contributed by atoms with E-state index < -0.39 is 0 Å². The van der Waals surface area contributed by atoms with Gasteiger partial charge in [-0.1, -0.05) is 38.1 Å². The van der Waals surface area contributed by atoms with Crippen LogP contribution in [0.5, 0.6) is 0 Å². The molecule has 0 bridgehead atoms. The molecule has 0 fully saturated rings. The van der Waals surface area contributed by atoms with Crippen LogP contribution in [-0.4, -0.2) is 44.8 Å². The number of benzene rings is 1. The van der Waals surface area contributed by atoms with Gasteiger partial charge in [-0.2, -0.15) is 0 Å². The van der Waals surface area contributed by atoms with Crippen LogP contribution in [0.1, 0.15) is 37.8 Å². The van der Waals surface area contributed by atoms with Gasteiger partial charge in [0.05, 0.1) is 6.61 Å². The molecule has 2 atom stereocenters. The number of ether oxygens (including phenoxy) is 1. The average molecular weight is 278 g/mol. The van der Waals surface area contributed by atoms with Gasteiger partial charge < -0.3 is 10.1 Å². The minimum atomic E-state index is 0.437. The summed E-state index contributed by atoms with van der Waals surface area (Å²) in [5.74, 6) is 0.564. The predicted molar refractivity (Wildman–Crippen MR) is 86.2 cm³/mol. The van der Waals surface area contributed by atoms with Crippen molar-refractivity contribution in [2.24, 2.45) is 0 Å². The molecule has 0 spiro atoms. The highest BCUT2D eigenvalue weighted by Crippen LogP contribution is 2.16. The van der Waals surface area contributed by atoms with E-state index in [1.165, 1.54) is 11.1 Å². The largest absolute Gasteiger partial charge is 0.383 e. The van der Waals surface area contributed by atoms with E-state index >= 15 is 0 Å². The number of nitrogens with one attached hydrogen (secondary N) is 1.